The van der Waals surface area contributed by atoms with Crippen molar-refractivity contribution in [1.29, 1.82) is 0 Å². The standard InChI is InChI=1S/C28H23IN2O7/c1-3-37-23-15-18(14-22(29)24(23)38-16-17-7-5-4-6-8-17)13-21-25(32)30-28(35)31(26(21)33)20-11-9-19(10-12-20)27(34)36-2/h4-15H,3,16H2,1-2H3,(H,30,32,35)/b21-13+. The van der Waals surface area contributed by atoms with E-state index >= 15 is 0 Å². The van der Waals surface area contributed by atoms with E-state index in [-0.39, 0.29) is 16.8 Å². The third-order valence-electron chi connectivity index (χ3n) is 5.52. The molecule has 0 spiro atoms. The van der Waals surface area contributed by atoms with Gasteiger partial charge >= 0.3 is 12.0 Å². The Hall–Kier alpha value is -4.19. The molecule has 1 saturated heterocycles. The van der Waals surface area contributed by atoms with Crippen LogP contribution in [0.3, 0.4) is 0 Å². The largest absolute Gasteiger partial charge is 0.490 e. The molecule has 1 heterocycles. The molecule has 0 aromatic heterocycles. The van der Waals surface area contributed by atoms with E-state index < -0.39 is 23.8 Å². The lowest BCUT2D eigenvalue weighted by Gasteiger charge is -2.26. The molecule has 3 aromatic rings. The van der Waals surface area contributed by atoms with E-state index in [0.29, 0.717) is 33.8 Å². The minimum absolute atomic E-state index is 0.188. The molecule has 0 unspecified atom stereocenters. The minimum Gasteiger partial charge on any atom is -0.490 e. The summed E-state index contributed by atoms with van der Waals surface area (Å²) in [5.74, 6) is -1.18. The molecule has 4 rings (SSSR count). The number of halogens is 1. The Bertz CT molecular complexity index is 1420. The minimum atomic E-state index is -0.891. The van der Waals surface area contributed by atoms with Crippen molar-refractivity contribution in [1.82, 2.24) is 5.32 Å². The number of hydrogen-bond donors (Lipinski definition) is 1. The van der Waals surface area contributed by atoms with Gasteiger partial charge in [-0.05, 0) is 83.1 Å². The molecule has 3 aromatic carbocycles. The first-order valence-electron chi connectivity index (χ1n) is 11.5. The van der Waals surface area contributed by atoms with Crippen LogP contribution in [0.2, 0.25) is 0 Å². The summed E-state index contributed by atoms with van der Waals surface area (Å²) in [5.41, 5.74) is 1.70. The van der Waals surface area contributed by atoms with Gasteiger partial charge in [0.1, 0.15) is 12.2 Å². The van der Waals surface area contributed by atoms with Gasteiger partial charge in [0.05, 0.1) is 28.5 Å². The summed E-state index contributed by atoms with van der Waals surface area (Å²) in [6.07, 6.45) is 1.39. The number of benzene rings is 3. The van der Waals surface area contributed by atoms with Crippen LogP contribution < -0.4 is 19.7 Å². The van der Waals surface area contributed by atoms with Crippen molar-refractivity contribution < 1.29 is 33.4 Å². The van der Waals surface area contributed by atoms with Gasteiger partial charge in [-0.15, -0.1) is 0 Å². The lowest BCUT2D eigenvalue weighted by molar-refractivity contribution is -0.122. The first kappa shape index (κ1) is 26.9. The number of nitrogens with one attached hydrogen (secondary N) is 1. The maximum absolute atomic E-state index is 13.3. The third-order valence-corrected chi connectivity index (χ3v) is 6.32. The fourth-order valence-electron chi connectivity index (χ4n) is 3.73. The van der Waals surface area contributed by atoms with Gasteiger partial charge in [0.25, 0.3) is 11.8 Å². The number of barbiturate groups is 1. The van der Waals surface area contributed by atoms with Crippen molar-refractivity contribution >= 4 is 58.2 Å². The number of imide groups is 2. The van der Waals surface area contributed by atoms with Crippen LogP contribution in [-0.2, 0) is 20.9 Å². The van der Waals surface area contributed by atoms with E-state index in [1.165, 1.54) is 37.5 Å². The summed E-state index contributed by atoms with van der Waals surface area (Å²) < 4.78 is 17.2. The molecule has 0 saturated carbocycles. The van der Waals surface area contributed by atoms with Crippen molar-refractivity contribution in [3.8, 4) is 11.5 Å². The van der Waals surface area contributed by atoms with Gasteiger partial charge in [0.2, 0.25) is 0 Å². The smallest absolute Gasteiger partial charge is 0.337 e. The van der Waals surface area contributed by atoms with E-state index in [0.717, 1.165) is 10.5 Å². The molecule has 10 heteroatoms. The number of anilines is 1. The maximum atomic E-state index is 13.3. The number of nitrogens with zero attached hydrogens (tertiary/aromatic N) is 1. The molecule has 9 nitrogen and oxygen atoms in total. The number of ether oxygens (including phenoxy) is 3. The SMILES string of the molecule is CCOc1cc(/C=C2\C(=O)NC(=O)N(c3ccc(C(=O)OC)cc3)C2=O)cc(I)c1OCc1ccccc1. The van der Waals surface area contributed by atoms with Gasteiger partial charge in [-0.1, -0.05) is 30.3 Å². The van der Waals surface area contributed by atoms with Crippen LogP contribution in [0.25, 0.3) is 6.08 Å². The fraction of sp³-hybridized carbons (Fsp3) is 0.143. The van der Waals surface area contributed by atoms with Gasteiger partial charge < -0.3 is 14.2 Å². The van der Waals surface area contributed by atoms with Crippen LogP contribution in [0.1, 0.15) is 28.4 Å². The van der Waals surface area contributed by atoms with Gasteiger partial charge in [-0.25, -0.2) is 14.5 Å². The van der Waals surface area contributed by atoms with Crippen LogP contribution >= 0.6 is 22.6 Å². The van der Waals surface area contributed by atoms with E-state index in [1.807, 2.05) is 37.3 Å². The monoisotopic (exact) mass is 626 g/mol. The number of methoxy groups -OCH3 is 1. The molecule has 38 heavy (non-hydrogen) atoms. The molecular formula is C28H23IN2O7. The summed E-state index contributed by atoms with van der Waals surface area (Å²) in [5, 5.41) is 2.19. The maximum Gasteiger partial charge on any atom is 0.337 e. The fourth-order valence-corrected chi connectivity index (χ4v) is 4.51. The molecular weight excluding hydrogens is 603 g/mol. The molecule has 1 aliphatic rings. The third kappa shape index (κ3) is 5.86. The summed E-state index contributed by atoms with van der Waals surface area (Å²) in [7, 11) is 1.25. The summed E-state index contributed by atoms with van der Waals surface area (Å²) in [6, 6.07) is 17.9. The topological polar surface area (TPSA) is 111 Å². The van der Waals surface area contributed by atoms with Crippen molar-refractivity contribution in [2.45, 2.75) is 13.5 Å². The highest BCUT2D eigenvalue weighted by Gasteiger charge is 2.37. The Morgan fingerprint density at radius 1 is 1.00 bits per heavy atom. The highest BCUT2D eigenvalue weighted by Crippen LogP contribution is 2.36. The highest BCUT2D eigenvalue weighted by molar-refractivity contribution is 14.1. The Morgan fingerprint density at radius 2 is 1.71 bits per heavy atom. The quantitative estimate of drug-likeness (QED) is 0.167. The number of hydrogen-bond acceptors (Lipinski definition) is 7. The molecule has 194 valence electrons. The second-order valence-corrected chi connectivity index (χ2v) is 9.20. The second kappa shape index (κ2) is 11.9. The number of rotatable bonds is 8. The van der Waals surface area contributed by atoms with Gasteiger partial charge in [-0.3, -0.25) is 14.9 Å². The van der Waals surface area contributed by atoms with Crippen molar-refractivity contribution in [2.24, 2.45) is 0 Å². The van der Waals surface area contributed by atoms with Gasteiger partial charge in [0, 0.05) is 0 Å². The average molecular weight is 626 g/mol. The van der Waals surface area contributed by atoms with Crippen molar-refractivity contribution in [3.05, 3.63) is 92.6 Å². The Labute approximate surface area is 232 Å². The summed E-state index contributed by atoms with van der Waals surface area (Å²) in [4.78, 5) is 51.0. The van der Waals surface area contributed by atoms with Crippen molar-refractivity contribution in [3.63, 3.8) is 0 Å². The Balaban J connectivity index is 1.64. The van der Waals surface area contributed by atoms with E-state index in [1.54, 1.807) is 12.1 Å². The van der Waals surface area contributed by atoms with Gasteiger partial charge in [-0.2, -0.15) is 0 Å². The van der Waals surface area contributed by atoms with Crippen LogP contribution in [0.5, 0.6) is 11.5 Å². The van der Waals surface area contributed by atoms with Crippen LogP contribution in [0.15, 0.2) is 72.3 Å². The van der Waals surface area contributed by atoms with E-state index in [9.17, 15) is 19.2 Å². The molecule has 0 bridgehead atoms. The van der Waals surface area contributed by atoms with Crippen LogP contribution in [0, 0.1) is 3.57 Å². The van der Waals surface area contributed by atoms with E-state index in [4.69, 9.17) is 9.47 Å². The lowest BCUT2D eigenvalue weighted by atomic mass is 10.1. The molecule has 4 amide bonds. The van der Waals surface area contributed by atoms with Gasteiger partial charge in [0.15, 0.2) is 11.5 Å². The zero-order valence-corrected chi connectivity index (χ0v) is 22.7. The molecule has 1 fully saturated rings. The van der Waals surface area contributed by atoms with E-state index in [2.05, 4.69) is 32.6 Å². The van der Waals surface area contributed by atoms with Crippen LogP contribution in [0.4, 0.5) is 10.5 Å². The molecule has 1 N–H and O–H groups in total. The second-order valence-electron chi connectivity index (χ2n) is 8.03. The highest BCUT2D eigenvalue weighted by atomic mass is 127. The molecule has 1 aliphatic heterocycles. The Kier molecular flexibility index (Phi) is 8.41. The summed E-state index contributed by atoms with van der Waals surface area (Å²) in [6.45, 7) is 2.55. The summed E-state index contributed by atoms with van der Waals surface area (Å²) >= 11 is 2.10. The first-order valence-corrected chi connectivity index (χ1v) is 12.6. The van der Waals surface area contributed by atoms with Crippen molar-refractivity contribution in [2.75, 3.05) is 18.6 Å². The molecule has 0 radical (unpaired) electrons. The number of carbonyl (C=O) groups excluding carboxylic acids is 4. The lowest BCUT2D eigenvalue weighted by Crippen LogP contribution is -2.54. The number of amides is 4. The molecule has 0 aliphatic carbocycles. The predicted octanol–water partition coefficient (Wildman–Crippen LogP) is 4.72. The van der Waals surface area contributed by atoms with Crippen LogP contribution in [-0.4, -0.2) is 37.5 Å². The molecule has 0 atom stereocenters. The Morgan fingerprint density at radius 3 is 2.37 bits per heavy atom. The first-order chi connectivity index (χ1) is 18.3. The average Bonchev–Trinajstić information content (AvgIpc) is 2.91. The number of esters is 1. The zero-order valence-electron chi connectivity index (χ0n) is 20.5. The normalized spacial score (nSPS) is 14.3. The zero-order chi connectivity index (χ0) is 27.2. The number of urea groups is 1. The predicted molar refractivity (Wildman–Crippen MR) is 148 cm³/mol. The number of carbonyl (C=O) groups is 4.